The Labute approximate surface area is 130 Å². The van der Waals surface area contributed by atoms with Gasteiger partial charge in [0.25, 0.3) is 0 Å². The second kappa shape index (κ2) is 4.93. The zero-order valence-electron chi connectivity index (χ0n) is 12.0. The Bertz CT molecular complexity index is 565. The van der Waals surface area contributed by atoms with Gasteiger partial charge in [0.2, 0.25) is 0 Å². The fraction of sp³-hybridized carbons (Fsp3) is 0.647. The van der Waals surface area contributed by atoms with E-state index in [0.29, 0.717) is 17.8 Å². The van der Waals surface area contributed by atoms with Crippen molar-refractivity contribution in [3.63, 3.8) is 0 Å². The molecule has 4 heteroatoms. The van der Waals surface area contributed by atoms with Crippen molar-refractivity contribution in [1.29, 1.82) is 0 Å². The highest BCUT2D eigenvalue weighted by Gasteiger charge is 2.56. The molecule has 110 valence electrons. The molecule has 0 unspecified atom stereocenters. The van der Waals surface area contributed by atoms with Gasteiger partial charge in [-0.05, 0) is 66.9 Å². The Balaban J connectivity index is 1.70. The van der Waals surface area contributed by atoms with E-state index in [9.17, 15) is 0 Å². The molecule has 0 N–H and O–H groups in total. The predicted molar refractivity (Wildman–Crippen MR) is 84.0 cm³/mol. The summed E-state index contributed by atoms with van der Waals surface area (Å²) in [4.78, 5) is 3.20. The smallest absolute Gasteiger partial charge is 0.0658 e. The molecule has 4 fully saturated rings. The summed E-state index contributed by atoms with van der Waals surface area (Å²) in [6.45, 7) is 0. The second-order valence-corrected chi connectivity index (χ2v) is 8.06. The molecule has 3 atom stereocenters. The number of alkyl halides is 1. The first-order valence-electron chi connectivity index (χ1n) is 7.96. The summed E-state index contributed by atoms with van der Waals surface area (Å²) in [5.41, 5.74) is 10.2. The van der Waals surface area contributed by atoms with Crippen LogP contribution in [0.4, 0.5) is 0 Å². The van der Waals surface area contributed by atoms with Gasteiger partial charge < -0.3 is 0 Å². The molecule has 4 bridgehead atoms. The zero-order valence-corrected chi connectivity index (χ0v) is 12.8. The molecule has 4 saturated carbocycles. The first-order valence-corrected chi connectivity index (χ1v) is 8.34. The van der Waals surface area contributed by atoms with Crippen LogP contribution < -0.4 is 0 Å². The fourth-order valence-electron chi connectivity index (χ4n) is 5.55. The third kappa shape index (κ3) is 2.23. The van der Waals surface area contributed by atoms with E-state index in [1.54, 1.807) is 0 Å². The molecular weight excluding hydrogens is 282 g/mol. The van der Waals surface area contributed by atoms with E-state index in [2.05, 4.69) is 22.2 Å². The number of hydrogen-bond acceptors (Lipinski definition) is 1. The first-order chi connectivity index (χ1) is 10.2. The maximum atomic E-state index is 9.04. The van der Waals surface area contributed by atoms with Crippen LogP contribution in [0.5, 0.6) is 0 Å². The van der Waals surface area contributed by atoms with Crippen molar-refractivity contribution < 1.29 is 0 Å². The van der Waals surface area contributed by atoms with Gasteiger partial charge in [-0.3, -0.25) is 0 Å². The summed E-state index contributed by atoms with van der Waals surface area (Å²) < 4.78 is 0. The lowest BCUT2D eigenvalue weighted by molar-refractivity contribution is -0.0352. The van der Waals surface area contributed by atoms with E-state index < -0.39 is 0 Å². The van der Waals surface area contributed by atoms with Gasteiger partial charge in [-0.15, -0.1) is 11.6 Å². The van der Waals surface area contributed by atoms with Crippen LogP contribution in [0, 0.1) is 23.7 Å². The molecule has 0 aliphatic heterocycles. The van der Waals surface area contributed by atoms with E-state index in [4.69, 9.17) is 17.1 Å². The van der Waals surface area contributed by atoms with Gasteiger partial charge in [0, 0.05) is 9.79 Å². The summed E-state index contributed by atoms with van der Waals surface area (Å²) >= 11 is 6.82. The standard InChI is InChI=1S/C17H20ClN3/c18-17-8-11-6-13(9-17)15(14(7-11)10-17)16(20-21-19)12-4-2-1-3-5-12/h1-5,11,13-16H,6-10H2/t11-,13-,14-,15+,16-,17-/m0/s1. The summed E-state index contributed by atoms with van der Waals surface area (Å²) in [6, 6.07) is 10.3. The molecule has 1 aromatic rings. The topological polar surface area (TPSA) is 48.8 Å². The largest absolute Gasteiger partial charge is 0.119 e. The van der Waals surface area contributed by atoms with E-state index in [1.165, 1.54) is 19.3 Å². The Morgan fingerprint density at radius 3 is 2.38 bits per heavy atom. The molecule has 5 rings (SSSR count). The number of azide groups is 1. The van der Waals surface area contributed by atoms with Crippen LogP contribution in [0.25, 0.3) is 10.4 Å². The minimum Gasteiger partial charge on any atom is -0.119 e. The van der Waals surface area contributed by atoms with Crippen LogP contribution in [0.3, 0.4) is 0 Å². The zero-order chi connectivity index (χ0) is 14.4. The van der Waals surface area contributed by atoms with Gasteiger partial charge in [-0.1, -0.05) is 35.4 Å². The van der Waals surface area contributed by atoms with Gasteiger partial charge in [0.15, 0.2) is 0 Å². The van der Waals surface area contributed by atoms with Crippen molar-refractivity contribution in [2.24, 2.45) is 28.8 Å². The molecule has 0 aromatic heterocycles. The van der Waals surface area contributed by atoms with Crippen molar-refractivity contribution in [2.45, 2.75) is 43.0 Å². The lowest BCUT2D eigenvalue weighted by atomic mass is 9.50. The summed E-state index contributed by atoms with van der Waals surface area (Å²) in [5.74, 6) is 2.54. The molecule has 0 spiro atoms. The molecule has 0 amide bonds. The molecule has 1 aromatic carbocycles. The van der Waals surface area contributed by atoms with Gasteiger partial charge in [0.05, 0.1) is 6.04 Å². The van der Waals surface area contributed by atoms with E-state index in [0.717, 1.165) is 24.3 Å². The summed E-state index contributed by atoms with van der Waals surface area (Å²) in [5, 5.41) is 4.20. The number of halogens is 1. The van der Waals surface area contributed by atoms with E-state index >= 15 is 0 Å². The molecule has 0 heterocycles. The highest BCUT2D eigenvalue weighted by Crippen LogP contribution is 2.63. The van der Waals surface area contributed by atoms with Gasteiger partial charge in [-0.25, -0.2) is 0 Å². The highest BCUT2D eigenvalue weighted by atomic mass is 35.5. The monoisotopic (exact) mass is 301 g/mol. The van der Waals surface area contributed by atoms with Crippen LogP contribution in [0.15, 0.2) is 35.4 Å². The molecule has 3 nitrogen and oxygen atoms in total. The van der Waals surface area contributed by atoms with Crippen LogP contribution in [-0.4, -0.2) is 4.87 Å². The van der Waals surface area contributed by atoms with E-state index in [1.807, 2.05) is 18.2 Å². The Morgan fingerprint density at radius 2 is 1.81 bits per heavy atom. The SMILES string of the molecule is [N-]=[N+]=N[C@@H](c1ccccc1)[C@H]1[C@H]2C[C@@H]3C[C@H]1C[C@](Cl)(C2)C3. The molecule has 0 radical (unpaired) electrons. The number of benzene rings is 1. The van der Waals surface area contributed by atoms with E-state index in [-0.39, 0.29) is 10.9 Å². The molecular formula is C17H20ClN3. The van der Waals surface area contributed by atoms with Crippen LogP contribution in [0.1, 0.15) is 43.7 Å². The van der Waals surface area contributed by atoms with Crippen molar-refractivity contribution in [1.82, 2.24) is 0 Å². The van der Waals surface area contributed by atoms with Crippen LogP contribution in [0.2, 0.25) is 0 Å². The lowest BCUT2D eigenvalue weighted by Gasteiger charge is -2.59. The van der Waals surface area contributed by atoms with Crippen LogP contribution in [-0.2, 0) is 0 Å². The van der Waals surface area contributed by atoms with Crippen molar-refractivity contribution in [2.75, 3.05) is 0 Å². The van der Waals surface area contributed by atoms with Gasteiger partial charge in [-0.2, -0.15) is 0 Å². The van der Waals surface area contributed by atoms with Gasteiger partial charge >= 0.3 is 0 Å². The molecule has 21 heavy (non-hydrogen) atoms. The molecule has 0 saturated heterocycles. The third-order valence-electron chi connectivity index (χ3n) is 5.95. The van der Waals surface area contributed by atoms with Crippen molar-refractivity contribution in [3.8, 4) is 0 Å². The quantitative estimate of drug-likeness (QED) is 0.307. The average Bonchev–Trinajstić information content (AvgIpc) is 2.45. The summed E-state index contributed by atoms with van der Waals surface area (Å²) in [7, 11) is 0. The minimum absolute atomic E-state index is 0.0218. The second-order valence-electron chi connectivity index (χ2n) is 7.26. The lowest BCUT2D eigenvalue weighted by Crippen LogP contribution is -2.53. The normalized spacial score (nSPS) is 41.6. The summed E-state index contributed by atoms with van der Waals surface area (Å²) in [6.07, 6.45) is 5.97. The predicted octanol–water partition coefficient (Wildman–Crippen LogP) is 5.47. The van der Waals surface area contributed by atoms with Gasteiger partial charge in [0.1, 0.15) is 0 Å². The maximum absolute atomic E-state index is 9.04. The molecule has 4 aliphatic carbocycles. The fourth-order valence-corrected chi connectivity index (χ4v) is 6.17. The third-order valence-corrected chi connectivity index (χ3v) is 6.42. The molecule has 4 aliphatic rings. The van der Waals surface area contributed by atoms with Crippen molar-refractivity contribution in [3.05, 3.63) is 46.3 Å². The highest BCUT2D eigenvalue weighted by molar-refractivity contribution is 6.24. The van der Waals surface area contributed by atoms with Crippen molar-refractivity contribution >= 4 is 11.6 Å². The average molecular weight is 302 g/mol. The number of nitrogens with zero attached hydrogens (tertiary/aromatic N) is 3. The maximum Gasteiger partial charge on any atom is 0.0658 e. The first kappa shape index (κ1) is 13.5. The van der Waals surface area contributed by atoms with Crippen LogP contribution >= 0.6 is 11.6 Å². The Hall–Kier alpha value is -1.18. The number of rotatable bonds is 3. The Morgan fingerprint density at radius 1 is 1.14 bits per heavy atom. The Kier molecular flexibility index (Phi) is 3.16. The minimum atomic E-state index is -0.0218. The number of hydrogen-bond donors (Lipinski definition) is 0.